The summed E-state index contributed by atoms with van der Waals surface area (Å²) in [6, 6.07) is 0. The molecule has 14 heteroatoms. The first-order valence-corrected chi connectivity index (χ1v) is 17.4. The highest BCUT2D eigenvalue weighted by molar-refractivity contribution is 6.03. The Labute approximate surface area is 292 Å². The Morgan fingerprint density at radius 3 is 1.08 bits per heavy atom. The molecular weight excluding hydrogens is 656 g/mol. The van der Waals surface area contributed by atoms with Crippen LogP contribution in [0.5, 0.6) is 0 Å². The molecule has 0 amide bonds. The van der Waals surface area contributed by atoms with Gasteiger partial charge < -0.3 is 37.9 Å². The van der Waals surface area contributed by atoms with E-state index in [4.69, 9.17) is 37.9 Å². The largest absolute Gasteiger partial charge is 0.465 e. The molecule has 0 heterocycles. The number of esters is 6. The number of fused-ring (bicyclic) bond motifs is 2. The van der Waals surface area contributed by atoms with Crippen molar-refractivity contribution in [2.45, 2.75) is 66.2 Å². The van der Waals surface area contributed by atoms with Crippen LogP contribution in [0.4, 0.5) is 0 Å². The lowest BCUT2D eigenvalue weighted by Gasteiger charge is -2.28. The average Bonchev–Trinajstić information content (AvgIpc) is 3.90. The van der Waals surface area contributed by atoms with Gasteiger partial charge in [0.1, 0.15) is 13.2 Å². The van der Waals surface area contributed by atoms with Crippen molar-refractivity contribution in [3.8, 4) is 0 Å². The van der Waals surface area contributed by atoms with Crippen LogP contribution in [0.1, 0.15) is 66.2 Å². The van der Waals surface area contributed by atoms with E-state index in [1.54, 1.807) is 27.7 Å². The van der Waals surface area contributed by atoms with Crippen molar-refractivity contribution in [1.29, 1.82) is 0 Å². The van der Waals surface area contributed by atoms with E-state index in [0.29, 0.717) is 12.8 Å². The van der Waals surface area contributed by atoms with Gasteiger partial charge >= 0.3 is 35.8 Å². The van der Waals surface area contributed by atoms with Crippen LogP contribution in [-0.2, 0) is 66.7 Å². The van der Waals surface area contributed by atoms with Gasteiger partial charge in [0.05, 0.1) is 52.9 Å². The van der Waals surface area contributed by atoms with Gasteiger partial charge in [0.2, 0.25) is 0 Å². The number of rotatable bonds is 21. The van der Waals surface area contributed by atoms with Crippen LogP contribution in [0.15, 0.2) is 24.3 Å². The van der Waals surface area contributed by atoms with Crippen LogP contribution < -0.4 is 0 Å². The predicted molar refractivity (Wildman–Crippen MR) is 173 cm³/mol. The molecule has 0 aromatic carbocycles. The Bertz CT molecular complexity index is 1230. The Morgan fingerprint density at radius 2 is 0.780 bits per heavy atom. The summed E-state index contributed by atoms with van der Waals surface area (Å²) < 4.78 is 42.4. The number of ether oxygens (including phenoxy) is 8. The van der Waals surface area contributed by atoms with Crippen LogP contribution in [0.2, 0.25) is 0 Å². The van der Waals surface area contributed by atoms with E-state index in [1.165, 1.54) is 0 Å². The molecule has 0 bridgehead atoms. The fourth-order valence-corrected chi connectivity index (χ4v) is 7.90. The van der Waals surface area contributed by atoms with E-state index in [1.807, 2.05) is 0 Å². The second-order valence-electron chi connectivity index (χ2n) is 13.4. The van der Waals surface area contributed by atoms with Crippen molar-refractivity contribution in [1.82, 2.24) is 0 Å². The smallest absolute Gasteiger partial charge is 0.334 e. The van der Waals surface area contributed by atoms with Gasteiger partial charge in [-0.15, -0.1) is 0 Å². The molecule has 4 rings (SSSR count). The maximum atomic E-state index is 12.8. The van der Waals surface area contributed by atoms with Crippen molar-refractivity contribution in [2.75, 3.05) is 66.1 Å². The summed E-state index contributed by atoms with van der Waals surface area (Å²) in [5, 5.41) is 0. The highest BCUT2D eigenvalue weighted by Crippen LogP contribution is 2.74. The Balaban J connectivity index is 1.10. The SMILES string of the molecule is C=C(C(=O)OCCOCCOCCOC(=O)C(=C)C12CC1CC(C(=O)OCC)(C(=O)OCC)C2)C12CC1CC(C(=O)OCC)(C(=O)OCC)C2. The van der Waals surface area contributed by atoms with Crippen molar-refractivity contribution in [3.05, 3.63) is 24.3 Å². The summed E-state index contributed by atoms with van der Waals surface area (Å²) in [6.45, 7) is 15.6. The Morgan fingerprint density at radius 1 is 0.480 bits per heavy atom. The zero-order valence-electron chi connectivity index (χ0n) is 29.6. The maximum absolute atomic E-state index is 12.8. The Hall–Kier alpha value is -3.78. The summed E-state index contributed by atoms with van der Waals surface area (Å²) in [7, 11) is 0. The summed E-state index contributed by atoms with van der Waals surface area (Å²) in [4.78, 5) is 76.8. The molecule has 0 saturated heterocycles. The fourth-order valence-electron chi connectivity index (χ4n) is 7.90. The van der Waals surface area contributed by atoms with Gasteiger partial charge in [0, 0.05) is 22.0 Å². The monoisotopic (exact) mass is 706 g/mol. The first-order valence-electron chi connectivity index (χ1n) is 17.4. The Kier molecular flexibility index (Phi) is 12.5. The zero-order chi connectivity index (χ0) is 36.7. The molecule has 50 heavy (non-hydrogen) atoms. The lowest BCUT2D eigenvalue weighted by Crippen LogP contribution is -2.42. The molecule has 0 N–H and O–H groups in total. The van der Waals surface area contributed by atoms with Crippen LogP contribution in [-0.4, -0.2) is 102 Å². The van der Waals surface area contributed by atoms with E-state index in [9.17, 15) is 28.8 Å². The minimum Gasteiger partial charge on any atom is -0.465 e. The lowest BCUT2D eigenvalue weighted by atomic mass is 9.79. The molecule has 4 atom stereocenters. The van der Waals surface area contributed by atoms with Gasteiger partial charge in [0.25, 0.3) is 0 Å². The highest BCUT2D eigenvalue weighted by atomic mass is 16.6. The van der Waals surface area contributed by atoms with Crippen LogP contribution in [0.3, 0.4) is 0 Å². The lowest BCUT2D eigenvalue weighted by molar-refractivity contribution is -0.174. The number of carbonyl (C=O) groups excluding carboxylic acids is 6. The molecule has 0 aliphatic heterocycles. The first-order chi connectivity index (χ1) is 23.8. The predicted octanol–water partition coefficient (Wildman–Crippen LogP) is 3.04. The summed E-state index contributed by atoms with van der Waals surface area (Å²) in [5.74, 6) is -3.90. The molecule has 0 aromatic heterocycles. The fraction of sp³-hybridized carbons (Fsp3) is 0.722. The van der Waals surface area contributed by atoms with E-state index >= 15 is 0 Å². The van der Waals surface area contributed by atoms with Gasteiger partial charge in [-0.1, -0.05) is 13.2 Å². The molecule has 14 nitrogen and oxygen atoms in total. The topological polar surface area (TPSA) is 176 Å². The number of hydrogen-bond donors (Lipinski definition) is 0. The zero-order valence-corrected chi connectivity index (χ0v) is 29.6. The second-order valence-corrected chi connectivity index (χ2v) is 13.4. The third-order valence-electron chi connectivity index (χ3n) is 10.5. The van der Waals surface area contributed by atoms with Crippen molar-refractivity contribution in [2.24, 2.45) is 33.5 Å². The molecule has 0 radical (unpaired) electrons. The normalized spacial score (nSPS) is 26.0. The molecule has 4 aliphatic carbocycles. The third kappa shape index (κ3) is 7.46. The van der Waals surface area contributed by atoms with E-state index in [0.717, 1.165) is 0 Å². The molecule has 0 spiro atoms. The standard InChI is InChI=1S/C36H50O14/c1-7-45-29(39)35(30(40)46-8-2)19-25-17-33(25,21-35)23(5)27(37)49-15-13-43-11-12-44-14-16-50-28(38)24(6)34-18-26(34)20-36(22-34,31(41)47-9-3)32(42)48-10-4/h25-26H,5-22H2,1-4H3. The molecule has 4 aliphatic rings. The van der Waals surface area contributed by atoms with Crippen LogP contribution in [0.25, 0.3) is 0 Å². The van der Waals surface area contributed by atoms with Gasteiger partial charge in [-0.3, -0.25) is 19.2 Å². The maximum Gasteiger partial charge on any atom is 0.334 e. The first kappa shape index (κ1) is 39.0. The highest BCUT2D eigenvalue weighted by Gasteiger charge is 2.74. The van der Waals surface area contributed by atoms with E-state index < -0.39 is 57.5 Å². The molecule has 4 fully saturated rings. The minimum atomic E-state index is -1.45. The summed E-state index contributed by atoms with van der Waals surface area (Å²) in [6.07, 6.45) is 1.94. The van der Waals surface area contributed by atoms with Gasteiger partial charge in [0.15, 0.2) is 10.8 Å². The van der Waals surface area contributed by atoms with Crippen molar-refractivity contribution < 1.29 is 66.7 Å². The van der Waals surface area contributed by atoms with Crippen molar-refractivity contribution >= 4 is 35.8 Å². The van der Waals surface area contributed by atoms with Gasteiger partial charge in [-0.05, 0) is 78.1 Å². The third-order valence-corrected chi connectivity index (χ3v) is 10.5. The molecule has 4 unspecified atom stereocenters. The summed E-state index contributed by atoms with van der Waals surface area (Å²) >= 11 is 0. The quantitative estimate of drug-likeness (QED) is 0.0560. The number of carbonyl (C=O) groups is 6. The summed E-state index contributed by atoms with van der Waals surface area (Å²) in [5.41, 5.74) is -3.86. The van der Waals surface area contributed by atoms with Gasteiger partial charge in [-0.2, -0.15) is 0 Å². The molecular formula is C36H50O14. The molecule has 4 saturated carbocycles. The van der Waals surface area contributed by atoms with E-state index in [-0.39, 0.29) is 115 Å². The van der Waals surface area contributed by atoms with E-state index in [2.05, 4.69) is 13.2 Å². The second kappa shape index (κ2) is 16.1. The average molecular weight is 707 g/mol. The van der Waals surface area contributed by atoms with Crippen LogP contribution in [0, 0.1) is 33.5 Å². The van der Waals surface area contributed by atoms with Gasteiger partial charge in [-0.25, -0.2) is 9.59 Å². The minimum absolute atomic E-state index is 0.0322. The molecule has 278 valence electrons. The van der Waals surface area contributed by atoms with Crippen LogP contribution >= 0.6 is 0 Å². The van der Waals surface area contributed by atoms with Crippen molar-refractivity contribution in [3.63, 3.8) is 0 Å². The number of hydrogen-bond acceptors (Lipinski definition) is 14. The molecule has 0 aromatic rings.